The number of anilines is 2. The molecule has 1 aliphatic heterocycles. The molecular weight excluding hydrogens is 368 g/mol. The number of ether oxygens (including phenoxy) is 2. The van der Waals surface area contributed by atoms with E-state index in [0.29, 0.717) is 28.8 Å². The fourth-order valence-corrected chi connectivity index (χ4v) is 3.27. The topological polar surface area (TPSA) is 66.9 Å². The Kier molecular flexibility index (Phi) is 6.36. The van der Waals surface area contributed by atoms with Gasteiger partial charge < -0.3 is 19.7 Å². The Bertz CT molecular complexity index is 780. The number of carbonyl (C=O) groups excluding carboxylic acids is 1. The van der Waals surface area contributed by atoms with Crippen molar-refractivity contribution in [3.05, 3.63) is 41.6 Å². The van der Waals surface area contributed by atoms with Crippen LogP contribution in [0.3, 0.4) is 0 Å². The summed E-state index contributed by atoms with van der Waals surface area (Å²) < 4.78 is 10.5. The van der Waals surface area contributed by atoms with Gasteiger partial charge in [-0.3, -0.25) is 9.69 Å². The van der Waals surface area contributed by atoms with E-state index >= 15 is 0 Å². The van der Waals surface area contributed by atoms with Crippen molar-refractivity contribution in [2.24, 2.45) is 0 Å². The lowest BCUT2D eigenvalue weighted by molar-refractivity contribution is -0.117. The van der Waals surface area contributed by atoms with Crippen LogP contribution in [0.1, 0.15) is 0 Å². The summed E-state index contributed by atoms with van der Waals surface area (Å²) in [6, 6.07) is 9.18. The summed E-state index contributed by atoms with van der Waals surface area (Å²) in [7, 11) is 3.07. The van der Waals surface area contributed by atoms with E-state index in [0.717, 1.165) is 32.0 Å². The van der Waals surface area contributed by atoms with E-state index in [2.05, 4.69) is 20.1 Å². The summed E-state index contributed by atoms with van der Waals surface area (Å²) in [5.41, 5.74) is 0.528. The average molecular weight is 391 g/mol. The van der Waals surface area contributed by atoms with E-state index in [9.17, 15) is 4.79 Å². The number of aromatic nitrogens is 1. The van der Waals surface area contributed by atoms with Crippen molar-refractivity contribution in [3.63, 3.8) is 0 Å². The van der Waals surface area contributed by atoms with Crippen LogP contribution in [-0.2, 0) is 4.79 Å². The van der Waals surface area contributed by atoms with E-state index in [4.69, 9.17) is 21.1 Å². The Morgan fingerprint density at radius 2 is 1.89 bits per heavy atom. The molecule has 1 aromatic carbocycles. The number of methoxy groups -OCH3 is 2. The first-order chi connectivity index (χ1) is 13.1. The molecule has 0 radical (unpaired) electrons. The number of carbonyl (C=O) groups is 1. The van der Waals surface area contributed by atoms with Gasteiger partial charge in [-0.05, 0) is 18.2 Å². The van der Waals surface area contributed by atoms with Crippen molar-refractivity contribution in [1.82, 2.24) is 9.88 Å². The molecule has 1 N–H and O–H groups in total. The minimum atomic E-state index is -0.110. The third-order valence-electron chi connectivity index (χ3n) is 4.46. The number of hydrogen-bond acceptors (Lipinski definition) is 6. The van der Waals surface area contributed by atoms with E-state index in [1.807, 2.05) is 18.2 Å². The minimum Gasteiger partial charge on any atom is -0.495 e. The van der Waals surface area contributed by atoms with Gasteiger partial charge in [-0.1, -0.05) is 17.7 Å². The van der Waals surface area contributed by atoms with Crippen LogP contribution >= 0.6 is 11.6 Å². The molecule has 1 fully saturated rings. The van der Waals surface area contributed by atoms with E-state index in [1.54, 1.807) is 18.3 Å². The SMILES string of the molecule is COc1cc(OC)c(NC(=O)CN2CCN(c3ccccn3)CC2)cc1Cl. The highest BCUT2D eigenvalue weighted by molar-refractivity contribution is 6.32. The Balaban J connectivity index is 1.55. The molecule has 1 aliphatic rings. The lowest BCUT2D eigenvalue weighted by Crippen LogP contribution is -2.48. The number of pyridine rings is 1. The minimum absolute atomic E-state index is 0.110. The first-order valence-corrected chi connectivity index (χ1v) is 9.08. The molecule has 8 heteroatoms. The second-order valence-electron chi connectivity index (χ2n) is 6.19. The summed E-state index contributed by atoms with van der Waals surface area (Å²) in [6.07, 6.45) is 1.79. The molecule has 2 heterocycles. The van der Waals surface area contributed by atoms with Gasteiger partial charge in [-0.15, -0.1) is 0 Å². The second-order valence-corrected chi connectivity index (χ2v) is 6.59. The van der Waals surface area contributed by atoms with Gasteiger partial charge in [0.25, 0.3) is 0 Å². The standard InChI is InChI=1S/C19H23ClN4O3/c1-26-16-12-17(27-2)15(11-14(16)20)22-19(25)13-23-7-9-24(10-8-23)18-5-3-4-6-21-18/h3-6,11-12H,7-10,13H2,1-2H3,(H,22,25). The summed E-state index contributed by atoms with van der Waals surface area (Å²) in [5, 5.41) is 3.29. The molecule has 2 aromatic rings. The first kappa shape index (κ1) is 19.3. The second kappa shape index (κ2) is 8.92. The van der Waals surface area contributed by atoms with E-state index in [1.165, 1.54) is 14.2 Å². The van der Waals surface area contributed by atoms with Crippen molar-refractivity contribution in [3.8, 4) is 11.5 Å². The summed E-state index contributed by atoms with van der Waals surface area (Å²) in [4.78, 5) is 21.2. The number of piperazine rings is 1. The van der Waals surface area contributed by atoms with Crippen LogP contribution in [0, 0.1) is 0 Å². The molecule has 0 bridgehead atoms. The molecule has 3 rings (SSSR count). The van der Waals surface area contributed by atoms with Crippen LogP contribution in [0.5, 0.6) is 11.5 Å². The molecular formula is C19H23ClN4O3. The highest BCUT2D eigenvalue weighted by Crippen LogP contribution is 2.35. The van der Waals surface area contributed by atoms with Gasteiger partial charge in [-0.2, -0.15) is 0 Å². The molecule has 0 saturated carbocycles. The molecule has 144 valence electrons. The predicted octanol–water partition coefficient (Wildman–Crippen LogP) is 2.51. The third kappa shape index (κ3) is 4.81. The molecule has 0 spiro atoms. The lowest BCUT2D eigenvalue weighted by atomic mass is 10.2. The number of rotatable bonds is 6. The van der Waals surface area contributed by atoms with Gasteiger partial charge >= 0.3 is 0 Å². The Hall–Kier alpha value is -2.51. The summed E-state index contributed by atoms with van der Waals surface area (Å²) >= 11 is 6.15. The van der Waals surface area contributed by atoms with Gasteiger partial charge in [-0.25, -0.2) is 4.98 Å². The third-order valence-corrected chi connectivity index (χ3v) is 4.76. The number of hydrogen-bond donors (Lipinski definition) is 1. The molecule has 7 nitrogen and oxygen atoms in total. The van der Waals surface area contributed by atoms with Crippen LogP contribution in [-0.4, -0.2) is 62.7 Å². The highest BCUT2D eigenvalue weighted by atomic mass is 35.5. The molecule has 0 unspecified atom stereocenters. The highest BCUT2D eigenvalue weighted by Gasteiger charge is 2.20. The van der Waals surface area contributed by atoms with Crippen LogP contribution in [0.2, 0.25) is 5.02 Å². The maximum atomic E-state index is 12.5. The maximum Gasteiger partial charge on any atom is 0.238 e. The molecule has 1 saturated heterocycles. The van der Waals surface area contributed by atoms with Crippen LogP contribution < -0.4 is 19.7 Å². The quantitative estimate of drug-likeness (QED) is 0.817. The number of amides is 1. The Morgan fingerprint density at radius 3 is 2.52 bits per heavy atom. The van der Waals surface area contributed by atoms with Crippen LogP contribution in [0.25, 0.3) is 0 Å². The largest absolute Gasteiger partial charge is 0.495 e. The molecule has 0 atom stereocenters. The van der Waals surface area contributed by atoms with Crippen molar-refractivity contribution in [1.29, 1.82) is 0 Å². The maximum absolute atomic E-state index is 12.5. The normalized spacial score (nSPS) is 14.7. The van der Waals surface area contributed by atoms with Crippen molar-refractivity contribution in [2.75, 3.05) is 57.2 Å². The molecule has 0 aliphatic carbocycles. The molecule has 1 aromatic heterocycles. The lowest BCUT2D eigenvalue weighted by Gasteiger charge is -2.34. The van der Waals surface area contributed by atoms with Crippen LogP contribution in [0.15, 0.2) is 36.5 Å². The fourth-order valence-electron chi connectivity index (χ4n) is 3.03. The zero-order valence-electron chi connectivity index (χ0n) is 15.4. The zero-order chi connectivity index (χ0) is 19.2. The fraction of sp³-hybridized carbons (Fsp3) is 0.368. The predicted molar refractivity (Wildman–Crippen MR) is 106 cm³/mol. The van der Waals surface area contributed by atoms with Crippen LogP contribution in [0.4, 0.5) is 11.5 Å². The van der Waals surface area contributed by atoms with Crippen molar-refractivity contribution >= 4 is 29.0 Å². The first-order valence-electron chi connectivity index (χ1n) is 8.70. The van der Waals surface area contributed by atoms with Gasteiger partial charge in [0.1, 0.15) is 17.3 Å². The van der Waals surface area contributed by atoms with Crippen molar-refractivity contribution < 1.29 is 14.3 Å². The Labute approximate surface area is 163 Å². The summed E-state index contributed by atoms with van der Waals surface area (Å²) in [6.45, 7) is 3.57. The van der Waals surface area contributed by atoms with Crippen molar-refractivity contribution in [2.45, 2.75) is 0 Å². The number of nitrogens with one attached hydrogen (secondary N) is 1. The van der Waals surface area contributed by atoms with Gasteiger partial charge in [0.2, 0.25) is 5.91 Å². The van der Waals surface area contributed by atoms with Gasteiger partial charge in [0.15, 0.2) is 0 Å². The zero-order valence-corrected chi connectivity index (χ0v) is 16.2. The number of nitrogens with zero attached hydrogens (tertiary/aromatic N) is 3. The summed E-state index contributed by atoms with van der Waals surface area (Å²) in [5.74, 6) is 1.86. The molecule has 27 heavy (non-hydrogen) atoms. The van der Waals surface area contributed by atoms with Gasteiger partial charge in [0.05, 0.1) is 31.5 Å². The average Bonchev–Trinajstić information content (AvgIpc) is 2.69. The number of benzene rings is 1. The smallest absolute Gasteiger partial charge is 0.238 e. The van der Waals surface area contributed by atoms with Gasteiger partial charge in [0, 0.05) is 38.4 Å². The van der Waals surface area contributed by atoms with E-state index < -0.39 is 0 Å². The Morgan fingerprint density at radius 1 is 1.15 bits per heavy atom. The van der Waals surface area contributed by atoms with E-state index in [-0.39, 0.29) is 5.91 Å². The monoisotopic (exact) mass is 390 g/mol. The molecule has 1 amide bonds. The number of halogens is 1.